The third kappa shape index (κ3) is 4.39. The number of carbonyl (C=O) groups is 1. The van der Waals surface area contributed by atoms with E-state index in [0.717, 1.165) is 0 Å². The Hall–Kier alpha value is -3.92. The monoisotopic (exact) mass is 399 g/mol. The quantitative estimate of drug-likeness (QED) is 0.629. The third-order valence-electron chi connectivity index (χ3n) is 4.84. The fraction of sp³-hybridized carbons (Fsp3) is 0.217. The van der Waals surface area contributed by atoms with Gasteiger partial charge in [-0.25, -0.2) is 15.0 Å². The van der Waals surface area contributed by atoms with Gasteiger partial charge in [-0.2, -0.15) is 0 Å². The summed E-state index contributed by atoms with van der Waals surface area (Å²) in [4.78, 5) is 29.7. The predicted octanol–water partition coefficient (Wildman–Crippen LogP) is 2.24. The lowest BCUT2D eigenvalue weighted by atomic mass is 10.1. The van der Waals surface area contributed by atoms with Crippen LogP contribution in [0.25, 0.3) is 0 Å². The van der Waals surface area contributed by atoms with Crippen LogP contribution in [0.4, 0.5) is 5.95 Å². The molecule has 7 nitrogen and oxygen atoms in total. The fourth-order valence-electron chi connectivity index (χ4n) is 3.25. The summed E-state index contributed by atoms with van der Waals surface area (Å²) >= 11 is 0. The van der Waals surface area contributed by atoms with Crippen LogP contribution in [-0.2, 0) is 0 Å². The molecule has 0 aliphatic carbocycles. The molecule has 1 aromatic carbocycles. The maximum Gasteiger partial charge on any atom is 0.254 e. The largest absolute Gasteiger partial charge is 0.495 e. The summed E-state index contributed by atoms with van der Waals surface area (Å²) in [5.74, 6) is 7.39. The molecule has 3 aromatic rings. The van der Waals surface area contributed by atoms with Crippen molar-refractivity contribution in [3.8, 4) is 17.6 Å². The molecule has 0 saturated carbocycles. The van der Waals surface area contributed by atoms with Gasteiger partial charge >= 0.3 is 0 Å². The van der Waals surface area contributed by atoms with Crippen molar-refractivity contribution in [2.24, 2.45) is 0 Å². The summed E-state index contributed by atoms with van der Waals surface area (Å²) in [6.45, 7) is 2.60. The maximum absolute atomic E-state index is 13.0. The third-order valence-corrected chi connectivity index (χ3v) is 4.84. The molecular formula is C23H21N5O2. The minimum Gasteiger partial charge on any atom is -0.495 e. The molecule has 0 radical (unpaired) electrons. The van der Waals surface area contributed by atoms with Crippen molar-refractivity contribution in [2.75, 3.05) is 38.2 Å². The van der Waals surface area contributed by atoms with Crippen molar-refractivity contribution >= 4 is 11.9 Å². The van der Waals surface area contributed by atoms with Crippen LogP contribution >= 0.6 is 0 Å². The minimum absolute atomic E-state index is 0.0211. The lowest BCUT2D eigenvalue weighted by molar-refractivity contribution is 0.0746. The number of hydrogen-bond donors (Lipinski definition) is 0. The van der Waals surface area contributed by atoms with Crippen LogP contribution in [0.15, 0.2) is 61.1 Å². The molecule has 0 spiro atoms. The van der Waals surface area contributed by atoms with Crippen LogP contribution < -0.4 is 9.64 Å². The molecule has 1 aliphatic rings. The summed E-state index contributed by atoms with van der Waals surface area (Å²) in [5, 5.41) is 0. The van der Waals surface area contributed by atoms with Gasteiger partial charge < -0.3 is 14.5 Å². The van der Waals surface area contributed by atoms with E-state index < -0.39 is 0 Å². The minimum atomic E-state index is -0.0211. The summed E-state index contributed by atoms with van der Waals surface area (Å²) in [6, 6.07) is 12.7. The van der Waals surface area contributed by atoms with E-state index >= 15 is 0 Å². The highest BCUT2D eigenvalue weighted by Crippen LogP contribution is 2.21. The Balaban J connectivity index is 1.49. The van der Waals surface area contributed by atoms with E-state index in [2.05, 4.69) is 31.7 Å². The number of methoxy groups -OCH3 is 1. The number of anilines is 1. The molecule has 30 heavy (non-hydrogen) atoms. The standard InChI is InChI=1S/C23H21N5O2/c1-30-21-9-7-19(17-18(21)6-8-20-5-2-3-10-24-20)22(29)27-13-15-28(16-14-27)23-25-11-4-12-26-23/h2-5,7,9-12,17H,13-16H2,1H3. The predicted molar refractivity (Wildman–Crippen MR) is 113 cm³/mol. The first kappa shape index (κ1) is 19.4. The average Bonchev–Trinajstić information content (AvgIpc) is 2.83. The number of pyridine rings is 1. The van der Waals surface area contributed by atoms with E-state index in [4.69, 9.17) is 4.74 Å². The second-order valence-corrected chi connectivity index (χ2v) is 6.71. The second kappa shape index (κ2) is 9.05. The first-order valence-corrected chi connectivity index (χ1v) is 9.67. The van der Waals surface area contributed by atoms with Crippen LogP contribution in [0.3, 0.4) is 0 Å². The topological polar surface area (TPSA) is 71.5 Å². The van der Waals surface area contributed by atoms with E-state index in [1.807, 2.05) is 23.1 Å². The van der Waals surface area contributed by atoms with Gasteiger partial charge in [-0.15, -0.1) is 0 Å². The molecule has 0 unspecified atom stereocenters. The Morgan fingerprint density at radius 1 is 0.933 bits per heavy atom. The Kier molecular flexibility index (Phi) is 5.85. The van der Waals surface area contributed by atoms with Crippen molar-refractivity contribution in [3.63, 3.8) is 0 Å². The molecule has 1 aliphatic heterocycles. The summed E-state index contributed by atoms with van der Waals surface area (Å²) in [7, 11) is 1.59. The van der Waals surface area contributed by atoms with Crippen molar-refractivity contribution in [1.29, 1.82) is 0 Å². The van der Waals surface area contributed by atoms with Gasteiger partial charge in [0.05, 0.1) is 12.7 Å². The highest BCUT2D eigenvalue weighted by atomic mass is 16.5. The van der Waals surface area contributed by atoms with Gasteiger partial charge in [-0.3, -0.25) is 4.79 Å². The van der Waals surface area contributed by atoms with Crippen LogP contribution in [0, 0.1) is 11.8 Å². The Bertz CT molecular complexity index is 1070. The van der Waals surface area contributed by atoms with Gasteiger partial charge in [0.25, 0.3) is 5.91 Å². The zero-order valence-corrected chi connectivity index (χ0v) is 16.7. The number of carbonyl (C=O) groups excluding carboxylic acids is 1. The van der Waals surface area contributed by atoms with Gasteiger partial charge in [0.1, 0.15) is 11.4 Å². The van der Waals surface area contributed by atoms with E-state index in [9.17, 15) is 4.79 Å². The Labute approximate surface area is 175 Å². The summed E-state index contributed by atoms with van der Waals surface area (Å²) in [6.07, 6.45) is 5.15. The van der Waals surface area contributed by atoms with Gasteiger partial charge in [-0.1, -0.05) is 12.0 Å². The van der Waals surface area contributed by atoms with Crippen LogP contribution in [0.1, 0.15) is 21.6 Å². The number of amides is 1. The maximum atomic E-state index is 13.0. The molecule has 3 heterocycles. The van der Waals surface area contributed by atoms with Crippen LogP contribution in [0.2, 0.25) is 0 Å². The normalized spacial score (nSPS) is 13.4. The highest BCUT2D eigenvalue weighted by molar-refractivity contribution is 5.95. The zero-order valence-electron chi connectivity index (χ0n) is 16.7. The Morgan fingerprint density at radius 3 is 2.40 bits per heavy atom. The first-order chi connectivity index (χ1) is 14.7. The molecule has 1 saturated heterocycles. The van der Waals surface area contributed by atoms with E-state index in [1.165, 1.54) is 0 Å². The molecule has 1 amide bonds. The number of nitrogens with zero attached hydrogens (tertiary/aromatic N) is 5. The summed E-state index contributed by atoms with van der Waals surface area (Å²) in [5.41, 5.74) is 1.91. The summed E-state index contributed by atoms with van der Waals surface area (Å²) < 4.78 is 5.41. The van der Waals surface area contributed by atoms with Crippen molar-refractivity contribution < 1.29 is 9.53 Å². The fourth-order valence-corrected chi connectivity index (χ4v) is 3.25. The van der Waals surface area contributed by atoms with Crippen LogP contribution in [-0.4, -0.2) is 59.0 Å². The van der Waals surface area contributed by atoms with Gasteiger partial charge in [0.15, 0.2) is 0 Å². The van der Waals surface area contributed by atoms with E-state index in [1.54, 1.807) is 50.0 Å². The molecule has 0 bridgehead atoms. The first-order valence-electron chi connectivity index (χ1n) is 9.67. The molecular weight excluding hydrogens is 378 g/mol. The van der Waals surface area contributed by atoms with Gasteiger partial charge in [0.2, 0.25) is 5.95 Å². The second-order valence-electron chi connectivity index (χ2n) is 6.71. The number of benzene rings is 1. The number of rotatable bonds is 3. The lowest BCUT2D eigenvalue weighted by Crippen LogP contribution is -2.49. The zero-order chi connectivity index (χ0) is 20.8. The van der Waals surface area contributed by atoms with Crippen molar-refractivity contribution in [1.82, 2.24) is 19.9 Å². The Morgan fingerprint density at radius 2 is 1.70 bits per heavy atom. The smallest absolute Gasteiger partial charge is 0.254 e. The SMILES string of the molecule is COc1ccc(C(=O)N2CCN(c3ncccn3)CC2)cc1C#Cc1ccccn1. The number of aromatic nitrogens is 3. The van der Waals surface area contributed by atoms with Crippen molar-refractivity contribution in [2.45, 2.75) is 0 Å². The van der Waals surface area contributed by atoms with Crippen LogP contribution in [0.5, 0.6) is 5.75 Å². The van der Waals surface area contributed by atoms with Crippen molar-refractivity contribution in [3.05, 3.63) is 77.9 Å². The average molecular weight is 399 g/mol. The van der Waals surface area contributed by atoms with E-state index in [0.29, 0.717) is 54.7 Å². The molecule has 0 N–H and O–H groups in total. The molecule has 2 aromatic heterocycles. The van der Waals surface area contributed by atoms with Gasteiger partial charge in [0, 0.05) is 50.3 Å². The lowest BCUT2D eigenvalue weighted by Gasteiger charge is -2.34. The molecule has 7 heteroatoms. The highest BCUT2D eigenvalue weighted by Gasteiger charge is 2.23. The number of hydrogen-bond acceptors (Lipinski definition) is 6. The molecule has 150 valence electrons. The molecule has 0 atom stereocenters. The van der Waals surface area contributed by atoms with E-state index in [-0.39, 0.29) is 5.91 Å². The molecule has 1 fully saturated rings. The number of piperazine rings is 1. The van der Waals surface area contributed by atoms with Gasteiger partial charge in [-0.05, 0) is 42.3 Å². The molecule has 4 rings (SSSR count). The number of ether oxygens (including phenoxy) is 1.